The fraction of sp³-hybridized carbons (Fsp3) is 0.238. The van der Waals surface area contributed by atoms with Gasteiger partial charge in [0, 0.05) is 31.1 Å². The minimum Gasteiger partial charge on any atom is -0.488 e. The molecule has 0 unspecified atom stereocenters. The molecule has 0 radical (unpaired) electrons. The summed E-state index contributed by atoms with van der Waals surface area (Å²) in [5, 5.41) is 29.7. The van der Waals surface area contributed by atoms with Crippen molar-refractivity contribution in [2.75, 3.05) is 19.8 Å². The smallest absolute Gasteiger partial charge is 0.321 e. The number of carboxylic acid groups (broad SMARTS) is 1. The molecule has 0 spiro atoms. The molecule has 5 aromatic rings. The number of nitrogens with zero attached hydrogens (tertiary/aromatic N) is 2. The van der Waals surface area contributed by atoms with E-state index in [0.717, 1.165) is 50.4 Å². The Morgan fingerprint density at radius 3 is 2.33 bits per heavy atom. The van der Waals surface area contributed by atoms with Gasteiger partial charge in [-0.1, -0.05) is 72.3 Å². The van der Waals surface area contributed by atoms with Gasteiger partial charge in [-0.2, -0.15) is 5.26 Å². The van der Waals surface area contributed by atoms with Gasteiger partial charge in [-0.25, -0.2) is 0 Å². The van der Waals surface area contributed by atoms with E-state index < -0.39 is 18.1 Å². The molecule has 52 heavy (non-hydrogen) atoms. The number of hydrogen-bond acceptors (Lipinski definition) is 8. The van der Waals surface area contributed by atoms with Crippen molar-refractivity contribution in [3.05, 3.63) is 130 Å². The van der Waals surface area contributed by atoms with Gasteiger partial charge in [-0.3, -0.25) is 9.69 Å². The van der Waals surface area contributed by atoms with Gasteiger partial charge in [0.2, 0.25) is 0 Å². The largest absolute Gasteiger partial charge is 0.488 e. The predicted molar refractivity (Wildman–Crippen MR) is 197 cm³/mol. The van der Waals surface area contributed by atoms with E-state index in [2.05, 4.69) is 49.4 Å². The molecule has 9 nitrogen and oxygen atoms in total. The van der Waals surface area contributed by atoms with E-state index >= 15 is 0 Å². The second-order valence-corrected chi connectivity index (χ2v) is 13.4. The van der Waals surface area contributed by atoms with Crippen molar-refractivity contribution in [1.29, 1.82) is 5.26 Å². The fourth-order valence-corrected chi connectivity index (χ4v) is 7.02. The summed E-state index contributed by atoms with van der Waals surface area (Å²) in [5.74, 6) is 1.41. The Morgan fingerprint density at radius 1 is 0.865 bits per heavy atom. The molecular weight excluding hydrogens is 680 g/mol. The van der Waals surface area contributed by atoms with Crippen LogP contribution >= 0.6 is 11.6 Å². The molecule has 0 aromatic heterocycles. The standard InChI is InChI=1S/C42H37ClN2O7/c1-26-34(6-3-7-35(26)31-12-13-38-41(18-31)50-15-14-49-38)30-10-8-27(9-11-30)24-52-40-20-39(51-25-29-5-2-4-28(16-29)21-44)32(17-36(40)43)22-45-23-33(46)19-37(45)42(47)48/h2-13,16-18,20,33,37,46H,14-15,19,22-25H2,1H3,(H,47,48)/t33-,37-/m1/s1. The highest BCUT2D eigenvalue weighted by Crippen LogP contribution is 2.39. The number of nitriles is 1. The van der Waals surface area contributed by atoms with Crippen LogP contribution in [-0.2, 0) is 24.6 Å². The maximum Gasteiger partial charge on any atom is 0.321 e. The Kier molecular flexibility index (Phi) is 10.3. The summed E-state index contributed by atoms with van der Waals surface area (Å²) >= 11 is 6.75. The number of carboxylic acids is 1. The number of aliphatic carboxylic acids is 1. The third-order valence-corrected chi connectivity index (χ3v) is 9.75. The first-order valence-electron chi connectivity index (χ1n) is 17.1. The van der Waals surface area contributed by atoms with E-state index in [4.69, 9.17) is 30.5 Å². The summed E-state index contributed by atoms with van der Waals surface area (Å²) in [6.07, 6.45) is -0.596. The molecule has 5 aromatic carbocycles. The van der Waals surface area contributed by atoms with Gasteiger partial charge >= 0.3 is 5.97 Å². The number of ether oxygens (including phenoxy) is 4. The minimum absolute atomic E-state index is 0.144. The average molecular weight is 717 g/mol. The number of fused-ring (bicyclic) bond motifs is 1. The molecular formula is C42H37ClN2O7. The Morgan fingerprint density at radius 2 is 1.56 bits per heavy atom. The molecule has 264 valence electrons. The van der Waals surface area contributed by atoms with Crippen LogP contribution in [0.4, 0.5) is 0 Å². The van der Waals surface area contributed by atoms with Gasteiger partial charge in [0.25, 0.3) is 0 Å². The number of halogens is 1. The number of likely N-dealkylation sites (tertiary alicyclic amines) is 1. The average Bonchev–Trinajstić information content (AvgIpc) is 3.54. The minimum atomic E-state index is -0.993. The zero-order chi connectivity index (χ0) is 36.2. The van der Waals surface area contributed by atoms with E-state index in [-0.39, 0.29) is 32.7 Å². The van der Waals surface area contributed by atoms with Crippen LogP contribution in [0.1, 0.15) is 34.2 Å². The number of benzene rings is 5. The molecule has 2 N–H and O–H groups in total. The molecule has 1 saturated heterocycles. The van der Waals surface area contributed by atoms with Gasteiger partial charge in [0.05, 0.1) is 22.8 Å². The Labute approximate surface area is 307 Å². The number of carbonyl (C=O) groups is 1. The first-order valence-corrected chi connectivity index (χ1v) is 17.4. The molecule has 7 rings (SSSR count). The maximum absolute atomic E-state index is 11.9. The number of rotatable bonds is 11. The van der Waals surface area contributed by atoms with Crippen LogP contribution in [0.3, 0.4) is 0 Å². The van der Waals surface area contributed by atoms with Crippen molar-refractivity contribution in [3.8, 4) is 51.3 Å². The topological polar surface area (TPSA) is 121 Å². The molecule has 1 fully saturated rings. The van der Waals surface area contributed by atoms with Gasteiger partial charge in [-0.05, 0) is 76.2 Å². The molecule has 0 saturated carbocycles. The van der Waals surface area contributed by atoms with Crippen molar-refractivity contribution < 1.29 is 34.0 Å². The maximum atomic E-state index is 11.9. The summed E-state index contributed by atoms with van der Waals surface area (Å²) in [6.45, 7) is 4.06. The molecule has 0 amide bonds. The van der Waals surface area contributed by atoms with E-state index in [0.29, 0.717) is 40.9 Å². The van der Waals surface area contributed by atoms with Crippen LogP contribution in [0.2, 0.25) is 5.02 Å². The Hall–Kier alpha value is -5.53. The van der Waals surface area contributed by atoms with Gasteiger partial charge < -0.3 is 29.2 Å². The highest BCUT2D eigenvalue weighted by molar-refractivity contribution is 6.32. The fourth-order valence-electron chi connectivity index (χ4n) is 6.78. The van der Waals surface area contributed by atoms with E-state index in [1.54, 1.807) is 35.2 Å². The Bertz CT molecular complexity index is 2150. The number of hydrogen-bond donors (Lipinski definition) is 2. The molecule has 0 aliphatic carbocycles. The third kappa shape index (κ3) is 7.70. The molecule has 0 bridgehead atoms. The third-order valence-electron chi connectivity index (χ3n) is 9.45. The molecule has 2 aliphatic heterocycles. The van der Waals surface area contributed by atoms with Crippen LogP contribution in [0.25, 0.3) is 22.3 Å². The predicted octanol–water partition coefficient (Wildman–Crippen LogP) is 7.80. The highest BCUT2D eigenvalue weighted by atomic mass is 35.5. The summed E-state index contributed by atoms with van der Waals surface area (Å²) in [5.41, 5.74) is 8.45. The summed E-state index contributed by atoms with van der Waals surface area (Å²) in [7, 11) is 0. The summed E-state index contributed by atoms with van der Waals surface area (Å²) in [4.78, 5) is 13.6. The second-order valence-electron chi connectivity index (χ2n) is 13.0. The highest BCUT2D eigenvalue weighted by Gasteiger charge is 2.36. The first-order chi connectivity index (χ1) is 25.2. The SMILES string of the molecule is Cc1c(-c2ccc(COc3cc(OCc4cccc(C#N)c4)c(CN4C[C@H](O)C[C@@H]4C(=O)O)cc3Cl)cc2)cccc1-c1ccc2c(c1)OCCO2. The normalized spacial score (nSPS) is 16.7. The lowest BCUT2D eigenvalue weighted by molar-refractivity contribution is -0.142. The summed E-state index contributed by atoms with van der Waals surface area (Å²) in [6, 6.07) is 32.4. The van der Waals surface area contributed by atoms with Crippen LogP contribution in [0, 0.1) is 18.3 Å². The van der Waals surface area contributed by atoms with E-state index in [1.807, 2.05) is 30.3 Å². The van der Waals surface area contributed by atoms with Gasteiger partial charge in [0.1, 0.15) is 44.0 Å². The Balaban J connectivity index is 1.09. The van der Waals surface area contributed by atoms with E-state index in [9.17, 15) is 20.3 Å². The lowest BCUT2D eigenvalue weighted by atomic mass is 9.92. The van der Waals surface area contributed by atoms with Crippen LogP contribution in [0.15, 0.2) is 97.1 Å². The van der Waals surface area contributed by atoms with Gasteiger partial charge in [-0.15, -0.1) is 0 Å². The van der Waals surface area contributed by atoms with Crippen molar-refractivity contribution in [3.63, 3.8) is 0 Å². The first kappa shape index (κ1) is 34.9. The van der Waals surface area contributed by atoms with Crippen LogP contribution in [0.5, 0.6) is 23.0 Å². The zero-order valence-corrected chi connectivity index (χ0v) is 29.3. The van der Waals surface area contributed by atoms with Crippen LogP contribution < -0.4 is 18.9 Å². The molecule has 10 heteroatoms. The number of β-amino-alcohol motifs (C(OH)–C–C–N with tert-alkyl or cyclic N) is 1. The molecule has 2 aliphatic rings. The quantitative estimate of drug-likeness (QED) is 0.141. The van der Waals surface area contributed by atoms with Crippen molar-refractivity contribution in [2.45, 2.75) is 45.2 Å². The van der Waals surface area contributed by atoms with Crippen molar-refractivity contribution >= 4 is 17.6 Å². The monoisotopic (exact) mass is 716 g/mol. The van der Waals surface area contributed by atoms with Crippen LogP contribution in [-0.4, -0.2) is 53.0 Å². The van der Waals surface area contributed by atoms with Crippen molar-refractivity contribution in [2.24, 2.45) is 0 Å². The number of aliphatic hydroxyl groups excluding tert-OH is 1. The van der Waals surface area contributed by atoms with Gasteiger partial charge in [0.15, 0.2) is 11.5 Å². The lowest BCUT2D eigenvalue weighted by Crippen LogP contribution is -2.35. The molecule has 2 atom stereocenters. The number of aliphatic hydroxyl groups is 1. The molecule has 2 heterocycles. The zero-order valence-electron chi connectivity index (χ0n) is 28.6. The second kappa shape index (κ2) is 15.4. The van der Waals surface area contributed by atoms with E-state index in [1.165, 1.54) is 0 Å². The summed E-state index contributed by atoms with van der Waals surface area (Å²) < 4.78 is 24.0. The van der Waals surface area contributed by atoms with Crippen molar-refractivity contribution in [1.82, 2.24) is 4.90 Å². The lowest BCUT2D eigenvalue weighted by Gasteiger charge is -2.23.